The Hall–Kier alpha value is -3.79. The molecule has 10 heteroatoms. The van der Waals surface area contributed by atoms with Crippen LogP contribution >= 0.6 is 0 Å². The van der Waals surface area contributed by atoms with Gasteiger partial charge in [-0.15, -0.1) is 0 Å². The maximum absolute atomic E-state index is 14.5. The number of aromatic nitrogens is 2. The Bertz CT molecular complexity index is 1530. The molecule has 1 aromatic heterocycles. The molecule has 0 saturated carbocycles. The SMILES string of the molecule is CC(C)=CCN1CC[C@H](Nc2ccc(-c3c4cccc(C(F)(F)F)c4nn3Cc3c(F)cc(F)cc3F)cc2)C1. The predicted molar refractivity (Wildman–Crippen MR) is 143 cm³/mol. The van der Waals surface area contributed by atoms with Gasteiger partial charge in [-0.05, 0) is 38.5 Å². The number of fused-ring (bicyclic) bond motifs is 1. The van der Waals surface area contributed by atoms with Crippen LogP contribution in [0.1, 0.15) is 31.4 Å². The Morgan fingerprint density at radius 3 is 2.38 bits per heavy atom. The van der Waals surface area contributed by atoms with Crippen LogP contribution in [0.5, 0.6) is 0 Å². The highest BCUT2D eigenvalue weighted by Crippen LogP contribution is 2.38. The molecule has 0 unspecified atom stereocenters. The van der Waals surface area contributed by atoms with Gasteiger partial charge in [-0.2, -0.15) is 18.3 Å². The van der Waals surface area contributed by atoms with Crippen LogP contribution in [-0.4, -0.2) is 40.4 Å². The first-order valence-electron chi connectivity index (χ1n) is 12.9. The topological polar surface area (TPSA) is 33.1 Å². The number of alkyl halides is 3. The van der Waals surface area contributed by atoms with Gasteiger partial charge in [0.1, 0.15) is 23.0 Å². The van der Waals surface area contributed by atoms with Crippen LogP contribution in [0.25, 0.3) is 22.2 Å². The summed E-state index contributed by atoms with van der Waals surface area (Å²) in [5.41, 5.74) is 1.11. The second-order valence-electron chi connectivity index (χ2n) is 10.3. The number of allylic oxidation sites excluding steroid dienone is 1. The second-order valence-corrected chi connectivity index (χ2v) is 10.3. The summed E-state index contributed by atoms with van der Waals surface area (Å²) in [4.78, 5) is 2.36. The van der Waals surface area contributed by atoms with E-state index in [0.717, 1.165) is 42.5 Å². The molecule has 3 aromatic carbocycles. The van der Waals surface area contributed by atoms with E-state index in [1.165, 1.54) is 17.7 Å². The molecular formula is C30H28F6N4. The predicted octanol–water partition coefficient (Wildman–Crippen LogP) is 7.64. The number of rotatable bonds is 7. The summed E-state index contributed by atoms with van der Waals surface area (Å²) >= 11 is 0. The minimum Gasteiger partial charge on any atom is -0.381 e. The quantitative estimate of drug-likeness (QED) is 0.187. The van der Waals surface area contributed by atoms with Gasteiger partial charge in [-0.3, -0.25) is 9.58 Å². The number of anilines is 1. The summed E-state index contributed by atoms with van der Waals surface area (Å²) in [5.74, 6) is -3.38. The normalized spacial score (nSPS) is 16.1. The van der Waals surface area contributed by atoms with Crippen LogP contribution in [-0.2, 0) is 12.7 Å². The van der Waals surface area contributed by atoms with Gasteiger partial charge in [0.2, 0.25) is 0 Å². The summed E-state index contributed by atoms with van der Waals surface area (Å²) in [6, 6.07) is 12.1. The first-order chi connectivity index (χ1) is 19.0. The van der Waals surface area contributed by atoms with E-state index >= 15 is 0 Å². The van der Waals surface area contributed by atoms with Crippen molar-refractivity contribution in [2.75, 3.05) is 25.0 Å². The maximum atomic E-state index is 14.5. The zero-order valence-corrected chi connectivity index (χ0v) is 22.0. The van der Waals surface area contributed by atoms with Crippen LogP contribution in [0, 0.1) is 17.5 Å². The lowest BCUT2D eigenvalue weighted by molar-refractivity contribution is -0.136. The van der Waals surface area contributed by atoms with Crippen LogP contribution in [0.4, 0.5) is 32.0 Å². The third-order valence-corrected chi connectivity index (χ3v) is 7.05. The molecule has 1 saturated heterocycles. The zero-order chi connectivity index (χ0) is 28.6. The van der Waals surface area contributed by atoms with Gasteiger partial charge in [-0.1, -0.05) is 35.9 Å². The molecular weight excluding hydrogens is 530 g/mol. The highest BCUT2D eigenvalue weighted by atomic mass is 19.4. The fourth-order valence-corrected chi connectivity index (χ4v) is 5.06. The van der Waals surface area contributed by atoms with E-state index in [0.29, 0.717) is 17.7 Å². The average Bonchev–Trinajstić information content (AvgIpc) is 3.48. The van der Waals surface area contributed by atoms with Crippen molar-refractivity contribution in [1.82, 2.24) is 14.7 Å². The monoisotopic (exact) mass is 558 g/mol. The second kappa shape index (κ2) is 11.0. The van der Waals surface area contributed by atoms with Gasteiger partial charge in [0.15, 0.2) is 0 Å². The number of hydrogen-bond acceptors (Lipinski definition) is 3. The molecule has 2 heterocycles. The Balaban J connectivity index is 1.49. The zero-order valence-electron chi connectivity index (χ0n) is 22.0. The van der Waals surface area contributed by atoms with Crippen LogP contribution < -0.4 is 5.32 Å². The third kappa shape index (κ3) is 5.86. The fraction of sp³-hybridized carbons (Fsp3) is 0.300. The van der Waals surface area contributed by atoms with Gasteiger partial charge < -0.3 is 5.32 Å². The van der Waals surface area contributed by atoms with Crippen LogP contribution in [0.3, 0.4) is 0 Å². The van der Waals surface area contributed by atoms with E-state index in [2.05, 4.69) is 35.2 Å². The van der Waals surface area contributed by atoms with E-state index in [1.54, 1.807) is 12.1 Å². The van der Waals surface area contributed by atoms with Gasteiger partial charge >= 0.3 is 6.18 Å². The van der Waals surface area contributed by atoms with E-state index in [4.69, 9.17) is 0 Å². The molecule has 0 spiro atoms. The van der Waals surface area contributed by atoms with Gasteiger partial charge in [0, 0.05) is 60.0 Å². The van der Waals surface area contributed by atoms with Crippen molar-refractivity contribution in [2.24, 2.45) is 0 Å². The first-order valence-corrected chi connectivity index (χ1v) is 12.9. The average molecular weight is 559 g/mol. The summed E-state index contributed by atoms with van der Waals surface area (Å²) < 4.78 is 85.0. The van der Waals surface area contributed by atoms with Gasteiger partial charge in [-0.25, -0.2) is 13.2 Å². The van der Waals surface area contributed by atoms with Crippen molar-refractivity contribution in [3.63, 3.8) is 0 Å². The van der Waals surface area contributed by atoms with Crippen molar-refractivity contribution in [1.29, 1.82) is 0 Å². The summed E-state index contributed by atoms with van der Waals surface area (Å²) in [6.07, 6.45) is -1.51. The smallest absolute Gasteiger partial charge is 0.381 e. The molecule has 1 N–H and O–H groups in total. The summed E-state index contributed by atoms with van der Waals surface area (Å²) in [7, 11) is 0. The Morgan fingerprint density at radius 2 is 1.73 bits per heavy atom. The van der Waals surface area contributed by atoms with E-state index in [9.17, 15) is 26.3 Å². The minimum absolute atomic E-state index is 0.184. The van der Waals surface area contributed by atoms with Gasteiger partial charge in [0.25, 0.3) is 0 Å². The van der Waals surface area contributed by atoms with Crippen molar-refractivity contribution in [3.05, 3.63) is 94.8 Å². The molecule has 0 radical (unpaired) electrons. The van der Waals surface area contributed by atoms with Gasteiger partial charge in [0.05, 0.1) is 17.8 Å². The molecule has 0 bridgehead atoms. The Labute approximate surface area is 227 Å². The van der Waals surface area contributed by atoms with E-state index in [1.807, 2.05) is 12.1 Å². The van der Waals surface area contributed by atoms with Crippen molar-refractivity contribution in [3.8, 4) is 11.3 Å². The standard InChI is InChI=1S/C30H28F6N4/c1-18(2)10-12-39-13-11-22(16-39)37-21-8-6-19(7-9-21)29-23-4-3-5-25(30(34,35)36)28(23)38-40(29)17-24-26(32)14-20(31)15-27(24)33/h3-10,14-15,22,37H,11-13,16-17H2,1-2H3/t22-/m0/s1. The summed E-state index contributed by atoms with van der Waals surface area (Å²) in [5, 5.41) is 7.83. The molecule has 4 aromatic rings. The highest BCUT2D eigenvalue weighted by Gasteiger charge is 2.35. The third-order valence-electron chi connectivity index (χ3n) is 7.05. The van der Waals surface area contributed by atoms with Crippen molar-refractivity contribution >= 4 is 16.6 Å². The molecule has 40 heavy (non-hydrogen) atoms. The molecule has 0 amide bonds. The molecule has 1 aliphatic heterocycles. The number of halogens is 6. The number of benzene rings is 3. The molecule has 4 nitrogen and oxygen atoms in total. The lowest BCUT2D eigenvalue weighted by Crippen LogP contribution is -2.26. The Morgan fingerprint density at radius 1 is 1.02 bits per heavy atom. The lowest BCUT2D eigenvalue weighted by atomic mass is 10.0. The van der Waals surface area contributed by atoms with Crippen LogP contribution in [0.15, 0.2) is 66.2 Å². The Kier molecular flexibility index (Phi) is 7.63. The van der Waals surface area contributed by atoms with E-state index in [-0.39, 0.29) is 22.6 Å². The number of nitrogens with one attached hydrogen (secondary N) is 1. The largest absolute Gasteiger partial charge is 0.418 e. The molecule has 1 aliphatic rings. The maximum Gasteiger partial charge on any atom is 0.418 e. The first kappa shape index (κ1) is 27.8. The summed E-state index contributed by atoms with van der Waals surface area (Å²) in [6.45, 7) is 6.37. The number of hydrogen-bond donors (Lipinski definition) is 1. The highest BCUT2D eigenvalue weighted by molar-refractivity contribution is 5.95. The number of nitrogens with zero attached hydrogens (tertiary/aromatic N) is 3. The lowest BCUT2D eigenvalue weighted by Gasteiger charge is -2.17. The fourth-order valence-electron chi connectivity index (χ4n) is 5.06. The molecule has 1 fully saturated rings. The van der Waals surface area contributed by atoms with E-state index < -0.39 is 41.3 Å². The number of likely N-dealkylation sites (tertiary alicyclic amines) is 1. The molecule has 1 atom stereocenters. The van der Waals surface area contributed by atoms with Crippen molar-refractivity contribution in [2.45, 2.75) is 39.0 Å². The molecule has 5 rings (SSSR count). The molecule has 210 valence electrons. The van der Waals surface area contributed by atoms with Crippen LogP contribution in [0.2, 0.25) is 0 Å². The van der Waals surface area contributed by atoms with Crippen molar-refractivity contribution < 1.29 is 26.3 Å². The minimum atomic E-state index is -4.68. The molecule has 0 aliphatic carbocycles.